The van der Waals surface area contributed by atoms with Gasteiger partial charge in [-0.05, 0) is 39.8 Å². The highest BCUT2D eigenvalue weighted by Gasteiger charge is 2.30. The van der Waals surface area contributed by atoms with E-state index in [9.17, 15) is 4.79 Å². The van der Waals surface area contributed by atoms with Gasteiger partial charge < -0.3 is 4.90 Å². The molecule has 4 aromatic heterocycles. The molecule has 1 aliphatic rings. The molecule has 0 unspecified atom stereocenters. The second-order valence-corrected chi connectivity index (χ2v) is 8.13. The molecule has 1 saturated heterocycles. The van der Waals surface area contributed by atoms with Gasteiger partial charge in [-0.3, -0.25) is 4.79 Å². The molecule has 1 aliphatic heterocycles. The van der Waals surface area contributed by atoms with Gasteiger partial charge in [0.05, 0.1) is 17.9 Å². The highest BCUT2D eigenvalue weighted by atomic mass is 16.1. The summed E-state index contributed by atoms with van der Waals surface area (Å²) in [5.74, 6) is 2.04. The molecule has 154 valence electrons. The van der Waals surface area contributed by atoms with E-state index in [0.717, 1.165) is 47.3 Å². The maximum atomic E-state index is 12.4. The van der Waals surface area contributed by atoms with Crippen molar-refractivity contribution in [2.75, 3.05) is 18.0 Å². The molecule has 0 amide bonds. The SMILES string of the molecule is Cc1cc(N2CC(Cn3nc(-n4nc(C)cc4C)ccc3=O)C2)n2nc(C)cc2n1. The Bertz CT molecular complexity index is 1310. The molecule has 0 atom stereocenters. The van der Waals surface area contributed by atoms with Crippen LogP contribution < -0.4 is 10.5 Å². The van der Waals surface area contributed by atoms with E-state index in [1.165, 1.54) is 0 Å². The van der Waals surface area contributed by atoms with Crippen molar-refractivity contribution in [3.63, 3.8) is 0 Å². The van der Waals surface area contributed by atoms with Crippen molar-refractivity contribution in [1.82, 2.24) is 34.2 Å². The van der Waals surface area contributed by atoms with Gasteiger partial charge in [0.25, 0.3) is 5.56 Å². The number of aromatic nitrogens is 7. The molecule has 0 aliphatic carbocycles. The van der Waals surface area contributed by atoms with Crippen LogP contribution in [0.5, 0.6) is 0 Å². The molecule has 5 heterocycles. The van der Waals surface area contributed by atoms with Gasteiger partial charge in [-0.15, -0.1) is 5.10 Å². The minimum absolute atomic E-state index is 0.0939. The van der Waals surface area contributed by atoms with E-state index in [2.05, 4.69) is 31.2 Å². The largest absolute Gasteiger partial charge is 0.356 e. The molecule has 0 radical (unpaired) electrons. The van der Waals surface area contributed by atoms with Crippen LogP contribution in [0.2, 0.25) is 0 Å². The second kappa shape index (κ2) is 6.79. The standard InChI is InChI=1S/C21H24N8O/c1-13-9-20(29-19(22-13)8-15(3)24-29)26-10-17(11-26)12-27-21(30)6-5-18(25-27)28-16(4)7-14(2)23-28/h5-9,17H,10-12H2,1-4H3. The van der Waals surface area contributed by atoms with E-state index < -0.39 is 0 Å². The van der Waals surface area contributed by atoms with Crippen molar-refractivity contribution < 1.29 is 0 Å². The number of fused-ring (bicyclic) bond motifs is 1. The first-order valence-corrected chi connectivity index (χ1v) is 10.1. The van der Waals surface area contributed by atoms with Gasteiger partial charge >= 0.3 is 0 Å². The fourth-order valence-corrected chi connectivity index (χ4v) is 4.08. The van der Waals surface area contributed by atoms with Crippen LogP contribution in [-0.2, 0) is 6.54 Å². The summed E-state index contributed by atoms with van der Waals surface area (Å²) < 4.78 is 5.22. The van der Waals surface area contributed by atoms with Crippen molar-refractivity contribution in [2.45, 2.75) is 34.2 Å². The Kier molecular flexibility index (Phi) is 4.19. The first kappa shape index (κ1) is 18.5. The van der Waals surface area contributed by atoms with Gasteiger partial charge in [0.2, 0.25) is 0 Å². The summed E-state index contributed by atoms with van der Waals surface area (Å²) in [7, 11) is 0. The van der Waals surface area contributed by atoms with E-state index >= 15 is 0 Å². The predicted molar refractivity (Wildman–Crippen MR) is 113 cm³/mol. The van der Waals surface area contributed by atoms with Crippen LogP contribution in [-0.4, -0.2) is 47.2 Å². The summed E-state index contributed by atoms with van der Waals surface area (Å²) in [6.45, 7) is 10.2. The normalized spacial score (nSPS) is 14.5. The van der Waals surface area contributed by atoms with Crippen molar-refractivity contribution in [2.24, 2.45) is 5.92 Å². The number of anilines is 1. The fourth-order valence-electron chi connectivity index (χ4n) is 4.08. The third-order valence-electron chi connectivity index (χ3n) is 5.45. The molecule has 0 bridgehead atoms. The quantitative estimate of drug-likeness (QED) is 0.516. The molecule has 5 rings (SSSR count). The van der Waals surface area contributed by atoms with Crippen LogP contribution in [0.4, 0.5) is 5.82 Å². The molecule has 30 heavy (non-hydrogen) atoms. The Morgan fingerprint density at radius 2 is 1.70 bits per heavy atom. The number of nitrogens with zero attached hydrogens (tertiary/aromatic N) is 8. The Balaban J connectivity index is 1.35. The molecule has 0 N–H and O–H groups in total. The summed E-state index contributed by atoms with van der Waals surface area (Å²) in [5, 5.41) is 13.6. The Hall–Kier alpha value is -3.49. The molecule has 0 spiro atoms. The van der Waals surface area contributed by atoms with Crippen molar-refractivity contribution in [3.05, 3.63) is 63.5 Å². The van der Waals surface area contributed by atoms with Crippen LogP contribution in [0, 0.1) is 33.6 Å². The van der Waals surface area contributed by atoms with E-state index in [1.807, 2.05) is 44.3 Å². The molecular formula is C21H24N8O. The predicted octanol–water partition coefficient (Wildman–Crippen LogP) is 1.84. The summed E-state index contributed by atoms with van der Waals surface area (Å²) in [6, 6.07) is 9.33. The van der Waals surface area contributed by atoms with Gasteiger partial charge in [0.15, 0.2) is 11.5 Å². The van der Waals surface area contributed by atoms with Crippen LogP contribution in [0.1, 0.15) is 22.8 Å². The summed E-state index contributed by atoms with van der Waals surface area (Å²) in [6.07, 6.45) is 0. The highest BCUT2D eigenvalue weighted by molar-refractivity contribution is 5.53. The summed E-state index contributed by atoms with van der Waals surface area (Å²) in [5.41, 5.74) is 4.60. The third-order valence-corrected chi connectivity index (χ3v) is 5.45. The molecule has 0 aromatic carbocycles. The lowest BCUT2D eigenvalue weighted by Gasteiger charge is -2.40. The lowest BCUT2D eigenvalue weighted by molar-refractivity contribution is 0.330. The number of rotatable bonds is 4. The van der Waals surface area contributed by atoms with Gasteiger partial charge in [0, 0.05) is 48.6 Å². The summed E-state index contributed by atoms with van der Waals surface area (Å²) in [4.78, 5) is 19.2. The van der Waals surface area contributed by atoms with Crippen LogP contribution in [0.15, 0.2) is 35.1 Å². The zero-order valence-corrected chi connectivity index (χ0v) is 17.6. The Labute approximate surface area is 173 Å². The summed E-state index contributed by atoms with van der Waals surface area (Å²) >= 11 is 0. The molecule has 4 aromatic rings. The fraction of sp³-hybridized carbons (Fsp3) is 0.381. The number of aryl methyl sites for hydroxylation is 4. The average Bonchev–Trinajstić information content (AvgIpc) is 3.19. The van der Waals surface area contributed by atoms with Crippen LogP contribution in [0.3, 0.4) is 0 Å². The van der Waals surface area contributed by atoms with Crippen molar-refractivity contribution in [1.29, 1.82) is 0 Å². The topological polar surface area (TPSA) is 86.1 Å². The van der Waals surface area contributed by atoms with Crippen LogP contribution in [0.25, 0.3) is 11.5 Å². The molecular weight excluding hydrogens is 380 g/mol. The van der Waals surface area contributed by atoms with Crippen molar-refractivity contribution in [3.8, 4) is 5.82 Å². The Morgan fingerprint density at radius 1 is 0.933 bits per heavy atom. The second-order valence-electron chi connectivity index (χ2n) is 8.13. The third kappa shape index (κ3) is 3.16. The highest BCUT2D eigenvalue weighted by Crippen LogP contribution is 2.26. The monoisotopic (exact) mass is 404 g/mol. The number of hydrogen-bond acceptors (Lipinski definition) is 6. The molecule has 9 heteroatoms. The first-order valence-electron chi connectivity index (χ1n) is 10.1. The average molecular weight is 404 g/mol. The minimum Gasteiger partial charge on any atom is -0.356 e. The van der Waals surface area contributed by atoms with Gasteiger partial charge in [-0.1, -0.05) is 0 Å². The van der Waals surface area contributed by atoms with Gasteiger partial charge in [-0.2, -0.15) is 14.7 Å². The molecule has 1 fully saturated rings. The zero-order valence-electron chi connectivity index (χ0n) is 17.6. The zero-order chi connectivity index (χ0) is 21.0. The van der Waals surface area contributed by atoms with Gasteiger partial charge in [-0.25, -0.2) is 14.3 Å². The van der Waals surface area contributed by atoms with Gasteiger partial charge in [0.1, 0.15) is 5.82 Å². The van der Waals surface area contributed by atoms with E-state index in [-0.39, 0.29) is 5.56 Å². The minimum atomic E-state index is -0.0939. The molecule has 0 saturated carbocycles. The molecule has 9 nitrogen and oxygen atoms in total. The number of hydrogen-bond donors (Lipinski definition) is 0. The van der Waals surface area contributed by atoms with Crippen LogP contribution >= 0.6 is 0 Å². The van der Waals surface area contributed by atoms with E-state index in [1.54, 1.807) is 21.5 Å². The van der Waals surface area contributed by atoms with Crippen molar-refractivity contribution >= 4 is 11.5 Å². The maximum absolute atomic E-state index is 12.4. The van der Waals surface area contributed by atoms with E-state index in [0.29, 0.717) is 18.3 Å². The van der Waals surface area contributed by atoms with E-state index in [4.69, 9.17) is 0 Å². The Morgan fingerprint density at radius 3 is 2.43 bits per heavy atom. The smallest absolute Gasteiger partial charge is 0.266 e. The lowest BCUT2D eigenvalue weighted by atomic mass is 10.0. The first-order chi connectivity index (χ1) is 14.4. The maximum Gasteiger partial charge on any atom is 0.266 e. The lowest BCUT2D eigenvalue weighted by Crippen LogP contribution is -2.50.